The van der Waals surface area contributed by atoms with Crippen LogP contribution in [0.3, 0.4) is 0 Å². The predicted octanol–water partition coefficient (Wildman–Crippen LogP) is 2.11. The van der Waals surface area contributed by atoms with Crippen LogP contribution in [-0.4, -0.2) is 30.8 Å². The van der Waals surface area contributed by atoms with E-state index in [-0.39, 0.29) is 42.6 Å². The third-order valence-electron chi connectivity index (χ3n) is 4.38. The molecule has 0 aromatic rings. The second-order valence-corrected chi connectivity index (χ2v) is 8.31. The smallest absolute Gasteiger partial charge is 0.747 e. The summed E-state index contributed by atoms with van der Waals surface area (Å²) in [5.41, 5.74) is 0. The molecule has 5 nitrogen and oxygen atoms in total. The van der Waals surface area contributed by atoms with Gasteiger partial charge < -0.3 is 9.29 Å². The Kier molecular flexibility index (Phi) is 21.1. The van der Waals surface area contributed by atoms with E-state index in [1.807, 2.05) is 0 Å². The molecule has 0 radical (unpaired) electrons. The summed E-state index contributed by atoms with van der Waals surface area (Å²) in [5, 5.41) is -1.56. The van der Waals surface area contributed by atoms with Crippen molar-refractivity contribution in [1.82, 2.24) is 0 Å². The van der Waals surface area contributed by atoms with Crippen LogP contribution >= 0.6 is 0 Å². The number of hydrogen-bond acceptors (Lipinski definition) is 5. The normalized spacial score (nSPS) is 12.7. The summed E-state index contributed by atoms with van der Waals surface area (Å²) in [5.74, 6) is -0.917. The number of ether oxygens (including phenoxy) is 1. The summed E-state index contributed by atoms with van der Waals surface area (Å²) in [6.07, 6.45) is 18.0. The molecule has 1 atom stereocenters. The molecule has 0 aliphatic rings. The molecule has 0 aliphatic heterocycles. The van der Waals surface area contributed by atoms with E-state index in [2.05, 4.69) is 23.8 Å². The minimum absolute atomic E-state index is 0. The molecule has 1 unspecified atom stereocenters. The van der Waals surface area contributed by atoms with Gasteiger partial charge in [-0.1, -0.05) is 70.4 Å². The standard InChI is InChI=1S/C20H38O5S.Na/c1-3-5-6-7-8-9-10-11-12-13-14-15-16-17-18-19(26(22,23)24)20(21)25-4-2;/h11-12,19H,3-10,13-18H2,1-2H3,(H,22,23,24);/q;+1/p-1/b12-11-;. The van der Waals surface area contributed by atoms with Gasteiger partial charge in [-0.15, -0.1) is 0 Å². The summed E-state index contributed by atoms with van der Waals surface area (Å²) in [6.45, 7) is 3.90. The van der Waals surface area contributed by atoms with Crippen molar-refractivity contribution < 1.29 is 52.1 Å². The molecule has 7 heteroatoms. The van der Waals surface area contributed by atoms with Crippen LogP contribution in [0.25, 0.3) is 0 Å². The predicted molar refractivity (Wildman–Crippen MR) is 105 cm³/mol. The van der Waals surface area contributed by atoms with Crippen LogP contribution < -0.4 is 29.6 Å². The van der Waals surface area contributed by atoms with Crippen LogP contribution in [0.5, 0.6) is 0 Å². The monoisotopic (exact) mass is 412 g/mol. The fraction of sp³-hybridized carbons (Fsp3) is 0.850. The van der Waals surface area contributed by atoms with Gasteiger partial charge in [-0.25, -0.2) is 8.42 Å². The Hall–Kier alpha value is 0.120. The van der Waals surface area contributed by atoms with Crippen molar-refractivity contribution in [2.75, 3.05) is 6.61 Å². The second kappa shape index (κ2) is 19.4. The Labute approximate surface area is 188 Å². The number of rotatable bonds is 17. The maximum Gasteiger partial charge on any atom is 1.00 e. The van der Waals surface area contributed by atoms with Crippen LogP contribution in [0.15, 0.2) is 12.2 Å². The van der Waals surface area contributed by atoms with Gasteiger partial charge in [0.1, 0.15) is 15.4 Å². The maximum absolute atomic E-state index is 11.5. The average Bonchev–Trinajstić information content (AvgIpc) is 2.57. The van der Waals surface area contributed by atoms with Crippen LogP contribution in [0, 0.1) is 0 Å². The van der Waals surface area contributed by atoms with E-state index in [9.17, 15) is 17.8 Å². The molecule has 0 amide bonds. The Morgan fingerprint density at radius 2 is 1.37 bits per heavy atom. The molecule has 0 saturated heterocycles. The van der Waals surface area contributed by atoms with E-state index in [1.54, 1.807) is 6.92 Å². The Morgan fingerprint density at radius 1 is 0.889 bits per heavy atom. The van der Waals surface area contributed by atoms with Gasteiger partial charge in [0, 0.05) is 0 Å². The fourth-order valence-corrected chi connectivity index (χ4v) is 3.60. The van der Waals surface area contributed by atoms with E-state index in [4.69, 9.17) is 0 Å². The molecule has 0 aromatic carbocycles. The van der Waals surface area contributed by atoms with Crippen molar-refractivity contribution in [2.45, 2.75) is 103 Å². The van der Waals surface area contributed by atoms with Crippen molar-refractivity contribution in [3.63, 3.8) is 0 Å². The van der Waals surface area contributed by atoms with Gasteiger partial charge in [0.25, 0.3) is 0 Å². The molecule has 27 heavy (non-hydrogen) atoms. The van der Waals surface area contributed by atoms with Gasteiger partial charge >= 0.3 is 35.5 Å². The van der Waals surface area contributed by atoms with E-state index >= 15 is 0 Å². The van der Waals surface area contributed by atoms with E-state index in [1.165, 1.54) is 38.5 Å². The van der Waals surface area contributed by atoms with Crippen molar-refractivity contribution in [2.24, 2.45) is 0 Å². The number of allylic oxidation sites excluding steroid dienone is 2. The summed E-state index contributed by atoms with van der Waals surface area (Å²) < 4.78 is 38.1. The van der Waals surface area contributed by atoms with Gasteiger partial charge in [-0.3, -0.25) is 4.79 Å². The Morgan fingerprint density at radius 3 is 1.85 bits per heavy atom. The number of hydrogen-bond donors (Lipinski definition) is 0. The zero-order chi connectivity index (χ0) is 19.7. The molecular formula is C20H37NaO5S. The third-order valence-corrected chi connectivity index (χ3v) is 5.50. The topological polar surface area (TPSA) is 83.5 Å². The molecule has 0 saturated carbocycles. The van der Waals surface area contributed by atoms with Gasteiger partial charge in [0.05, 0.1) is 6.61 Å². The SMILES string of the molecule is CCCCCCCC/C=C\CCCCCCC(C(=O)OCC)S(=O)(=O)[O-].[Na+]. The quantitative estimate of drug-likeness (QED) is 0.120. The first-order chi connectivity index (χ1) is 12.4. The molecule has 0 spiro atoms. The third kappa shape index (κ3) is 17.9. The van der Waals surface area contributed by atoms with Crippen LogP contribution in [0.2, 0.25) is 0 Å². The number of unbranched alkanes of at least 4 members (excludes halogenated alkanes) is 10. The molecule has 0 aromatic heterocycles. The van der Waals surface area contributed by atoms with Crippen molar-refractivity contribution >= 4 is 16.1 Å². The summed E-state index contributed by atoms with van der Waals surface area (Å²) in [6, 6.07) is 0. The zero-order valence-electron chi connectivity index (χ0n) is 17.6. The minimum atomic E-state index is -4.64. The van der Waals surface area contributed by atoms with Crippen molar-refractivity contribution in [3.8, 4) is 0 Å². The van der Waals surface area contributed by atoms with E-state index in [0.29, 0.717) is 6.42 Å². The Balaban J connectivity index is 0. The number of carbonyl (C=O) groups excluding carboxylic acids is 1. The largest absolute Gasteiger partial charge is 1.00 e. The second-order valence-electron chi connectivity index (χ2n) is 6.75. The van der Waals surface area contributed by atoms with Crippen molar-refractivity contribution in [1.29, 1.82) is 0 Å². The van der Waals surface area contributed by atoms with Crippen molar-refractivity contribution in [3.05, 3.63) is 12.2 Å². The molecule has 0 fully saturated rings. The first-order valence-corrected chi connectivity index (χ1v) is 11.7. The molecule has 0 heterocycles. The fourth-order valence-electron chi connectivity index (χ4n) is 2.84. The molecule has 154 valence electrons. The molecule has 0 rings (SSSR count). The molecule has 0 bridgehead atoms. The number of esters is 1. The molecule has 0 aliphatic carbocycles. The number of carbonyl (C=O) groups is 1. The minimum Gasteiger partial charge on any atom is -0.747 e. The van der Waals surface area contributed by atoms with Crippen LogP contribution in [0.1, 0.15) is 97.3 Å². The summed E-state index contributed by atoms with van der Waals surface area (Å²) in [7, 11) is -4.64. The van der Waals surface area contributed by atoms with Gasteiger partial charge in [0.2, 0.25) is 0 Å². The van der Waals surface area contributed by atoms with E-state index in [0.717, 1.165) is 32.1 Å². The molecule has 0 N–H and O–H groups in total. The van der Waals surface area contributed by atoms with Crippen LogP contribution in [0.4, 0.5) is 0 Å². The first kappa shape index (κ1) is 29.3. The average molecular weight is 413 g/mol. The molecular weight excluding hydrogens is 375 g/mol. The van der Waals surface area contributed by atoms with Crippen LogP contribution in [-0.2, 0) is 19.6 Å². The first-order valence-electron chi connectivity index (χ1n) is 10.2. The zero-order valence-corrected chi connectivity index (χ0v) is 20.4. The summed E-state index contributed by atoms with van der Waals surface area (Å²) >= 11 is 0. The Bertz CT molecular complexity index is 477. The van der Waals surface area contributed by atoms with Gasteiger partial charge in [-0.2, -0.15) is 0 Å². The van der Waals surface area contributed by atoms with Gasteiger partial charge in [-0.05, 0) is 39.0 Å². The van der Waals surface area contributed by atoms with E-state index < -0.39 is 21.3 Å². The maximum atomic E-state index is 11.5. The van der Waals surface area contributed by atoms with Gasteiger partial charge in [0.15, 0.2) is 0 Å². The summed E-state index contributed by atoms with van der Waals surface area (Å²) in [4.78, 5) is 11.5.